The third kappa shape index (κ3) is 7.69. The number of anilines is 2. The van der Waals surface area contributed by atoms with Gasteiger partial charge in [-0.3, -0.25) is 14.2 Å². The largest absolute Gasteiger partial charge is 0.394 e. The Morgan fingerprint density at radius 2 is 1.77 bits per heavy atom. The van der Waals surface area contributed by atoms with E-state index in [2.05, 4.69) is 20.5 Å². The first kappa shape index (κ1) is 26.5. The smallest absolute Gasteiger partial charge is 0.349 e. The molecule has 1 aromatic heterocycles. The number of nitrogens with zero attached hydrogens (tertiary/aromatic N) is 3. The summed E-state index contributed by atoms with van der Waals surface area (Å²) in [5.74, 6) is -0.814. The van der Waals surface area contributed by atoms with E-state index in [4.69, 9.17) is 11.5 Å². The van der Waals surface area contributed by atoms with Gasteiger partial charge in [0.15, 0.2) is 0 Å². The monoisotopic (exact) mass is 485 g/mol. The number of nitrogens with one attached hydrogen (secondary N) is 2. The summed E-state index contributed by atoms with van der Waals surface area (Å²) >= 11 is 0. The summed E-state index contributed by atoms with van der Waals surface area (Å²) in [6.45, 7) is 4.55. The molecule has 0 unspecified atom stereocenters. The highest BCUT2D eigenvalue weighted by Gasteiger charge is 2.27. The molecular weight excluding hydrogens is 450 g/mol. The molecular formula is C24H35N7O4. The number of hydrogen-bond donors (Lipinski definition) is 5. The minimum Gasteiger partial charge on any atom is -0.394 e. The van der Waals surface area contributed by atoms with Crippen LogP contribution in [0.25, 0.3) is 0 Å². The lowest BCUT2D eigenvalue weighted by atomic mass is 10.0. The van der Waals surface area contributed by atoms with Crippen molar-refractivity contribution >= 4 is 23.3 Å². The number of carbonyl (C=O) groups excluding carboxylic acids is 2. The molecule has 1 aliphatic rings. The third-order valence-corrected chi connectivity index (χ3v) is 6.12. The second kappa shape index (κ2) is 12.0. The van der Waals surface area contributed by atoms with Crippen LogP contribution in [0, 0.1) is 0 Å². The first-order valence-corrected chi connectivity index (χ1v) is 11.9. The Bertz CT molecular complexity index is 1060. The quantitative estimate of drug-likeness (QED) is 0.300. The Balaban J connectivity index is 1.47. The summed E-state index contributed by atoms with van der Waals surface area (Å²) in [7, 11) is 0. The lowest BCUT2D eigenvalue weighted by Crippen LogP contribution is -2.51. The number of piperidine rings is 1. The average Bonchev–Trinajstić information content (AvgIpc) is 2.84. The van der Waals surface area contributed by atoms with Gasteiger partial charge >= 0.3 is 5.69 Å². The van der Waals surface area contributed by atoms with Gasteiger partial charge in [0.2, 0.25) is 5.91 Å². The number of rotatable bonds is 10. The second-order valence-electron chi connectivity index (χ2n) is 9.24. The Hall–Kier alpha value is -3.12. The van der Waals surface area contributed by atoms with Crippen LogP contribution in [-0.2, 0) is 11.3 Å². The van der Waals surface area contributed by atoms with Crippen LogP contribution in [0.1, 0.15) is 43.0 Å². The Labute approximate surface area is 204 Å². The van der Waals surface area contributed by atoms with Crippen LogP contribution >= 0.6 is 0 Å². The topological polar surface area (TPSA) is 169 Å². The van der Waals surface area contributed by atoms with Crippen molar-refractivity contribution in [2.45, 2.75) is 50.7 Å². The Morgan fingerprint density at radius 1 is 1.11 bits per heavy atom. The fraction of sp³-hybridized carbons (Fsp3) is 0.500. The number of aliphatic hydroxyl groups is 1. The molecule has 1 aromatic carbocycles. The van der Waals surface area contributed by atoms with Gasteiger partial charge in [0.05, 0.1) is 6.61 Å². The minimum atomic E-state index is -1.41. The number of aromatic nitrogens is 2. The molecule has 11 nitrogen and oxygen atoms in total. The number of unbranched alkanes of at least 4 members (excludes halogenated alkanes) is 1. The van der Waals surface area contributed by atoms with Gasteiger partial charge in [0, 0.05) is 30.0 Å². The van der Waals surface area contributed by atoms with E-state index < -0.39 is 29.6 Å². The van der Waals surface area contributed by atoms with Gasteiger partial charge in [-0.2, -0.15) is 4.98 Å². The Morgan fingerprint density at radius 3 is 2.40 bits per heavy atom. The molecule has 3 rings (SSSR count). The summed E-state index contributed by atoms with van der Waals surface area (Å²) in [5.41, 5.74) is 10.6. The number of hydrogen-bond acceptors (Lipinski definition) is 8. The molecule has 2 aromatic rings. The van der Waals surface area contributed by atoms with Gasteiger partial charge in [-0.05, 0) is 82.6 Å². The van der Waals surface area contributed by atoms with Gasteiger partial charge in [-0.25, -0.2) is 4.79 Å². The van der Waals surface area contributed by atoms with E-state index in [9.17, 15) is 19.5 Å². The maximum absolute atomic E-state index is 12.5. The van der Waals surface area contributed by atoms with Crippen LogP contribution < -0.4 is 27.8 Å². The highest BCUT2D eigenvalue weighted by Crippen LogP contribution is 2.13. The molecule has 0 aliphatic carbocycles. The van der Waals surface area contributed by atoms with E-state index in [1.165, 1.54) is 23.6 Å². The van der Waals surface area contributed by atoms with Crippen molar-refractivity contribution in [3.63, 3.8) is 0 Å². The zero-order chi connectivity index (χ0) is 25.4. The minimum absolute atomic E-state index is 0.167. The molecule has 35 heavy (non-hydrogen) atoms. The van der Waals surface area contributed by atoms with Crippen LogP contribution in [0.5, 0.6) is 0 Å². The normalized spacial score (nSPS) is 16.5. The zero-order valence-electron chi connectivity index (χ0n) is 20.1. The maximum atomic E-state index is 12.5. The second-order valence-corrected chi connectivity index (χ2v) is 9.24. The third-order valence-electron chi connectivity index (χ3n) is 6.12. The lowest BCUT2D eigenvalue weighted by molar-refractivity contribution is -0.121. The highest BCUT2D eigenvalue weighted by molar-refractivity contribution is 6.04. The van der Waals surface area contributed by atoms with E-state index in [1.807, 2.05) is 0 Å². The Kier molecular flexibility index (Phi) is 9.10. The molecule has 7 N–H and O–H groups in total. The molecule has 1 aliphatic heterocycles. The van der Waals surface area contributed by atoms with Crippen molar-refractivity contribution in [3.05, 3.63) is 52.6 Å². The zero-order valence-corrected chi connectivity index (χ0v) is 20.1. The summed E-state index contributed by atoms with van der Waals surface area (Å²) in [6.07, 6.45) is 5.56. The summed E-state index contributed by atoms with van der Waals surface area (Å²) < 4.78 is 1.54. The van der Waals surface area contributed by atoms with Crippen molar-refractivity contribution in [1.82, 2.24) is 14.5 Å². The van der Waals surface area contributed by atoms with Crippen LogP contribution in [0.15, 0.2) is 41.3 Å². The molecule has 1 atom stereocenters. The van der Waals surface area contributed by atoms with Crippen LogP contribution in [0.3, 0.4) is 0 Å². The van der Waals surface area contributed by atoms with E-state index in [0.717, 1.165) is 45.3 Å². The van der Waals surface area contributed by atoms with Crippen molar-refractivity contribution in [3.8, 4) is 0 Å². The number of amides is 2. The van der Waals surface area contributed by atoms with Gasteiger partial charge in [0.25, 0.3) is 5.91 Å². The molecule has 0 radical (unpaired) electrons. The molecule has 0 bridgehead atoms. The van der Waals surface area contributed by atoms with Crippen molar-refractivity contribution in [1.29, 1.82) is 0 Å². The van der Waals surface area contributed by atoms with E-state index in [1.54, 1.807) is 24.4 Å². The number of nitrogens with two attached hydrogens (primary N) is 2. The molecule has 190 valence electrons. The van der Waals surface area contributed by atoms with Crippen LogP contribution in [-0.4, -0.2) is 69.2 Å². The molecule has 1 saturated heterocycles. The molecule has 2 heterocycles. The standard InChI is InChI=1S/C24H35N7O4/c1-24(26,16-32)22(34)27-19-6-4-17(5-7-19)21(33)28-20-10-15-31(23(35)29-20)12-3-2-11-30-13-8-18(25)9-14-30/h4-7,10,15,18,32H,2-3,8-9,11-14,16,25-26H2,1H3,(H,27,34)(H,28,29,33,35)/t24-/m0/s1. The first-order valence-electron chi connectivity index (χ1n) is 11.9. The van der Waals surface area contributed by atoms with Gasteiger partial charge < -0.3 is 32.1 Å². The van der Waals surface area contributed by atoms with E-state index >= 15 is 0 Å². The van der Waals surface area contributed by atoms with E-state index in [-0.39, 0.29) is 5.82 Å². The fourth-order valence-corrected chi connectivity index (χ4v) is 3.70. The predicted molar refractivity (Wildman–Crippen MR) is 134 cm³/mol. The average molecular weight is 486 g/mol. The number of aryl methyl sites for hydroxylation is 1. The van der Waals surface area contributed by atoms with Crippen LogP contribution in [0.2, 0.25) is 0 Å². The SMILES string of the molecule is C[C@](N)(CO)C(=O)Nc1ccc(C(=O)Nc2ccn(CCCCN3CCC(N)CC3)c(=O)n2)cc1. The fourth-order valence-electron chi connectivity index (χ4n) is 3.70. The molecule has 1 fully saturated rings. The van der Waals surface area contributed by atoms with Gasteiger partial charge in [-0.1, -0.05) is 0 Å². The highest BCUT2D eigenvalue weighted by atomic mass is 16.3. The van der Waals surface area contributed by atoms with Crippen molar-refractivity contribution in [2.24, 2.45) is 11.5 Å². The summed E-state index contributed by atoms with van der Waals surface area (Å²) in [4.78, 5) is 43.3. The van der Waals surface area contributed by atoms with E-state index in [0.29, 0.717) is 23.8 Å². The number of likely N-dealkylation sites (tertiary alicyclic amines) is 1. The van der Waals surface area contributed by atoms with Crippen LogP contribution in [0.4, 0.5) is 11.5 Å². The molecule has 0 saturated carbocycles. The van der Waals surface area contributed by atoms with Crippen molar-refractivity contribution < 1.29 is 14.7 Å². The molecule has 2 amide bonds. The van der Waals surface area contributed by atoms with Gasteiger partial charge in [-0.15, -0.1) is 0 Å². The molecule has 0 spiro atoms. The maximum Gasteiger partial charge on any atom is 0.349 e. The molecule has 11 heteroatoms. The van der Waals surface area contributed by atoms with Gasteiger partial charge in [0.1, 0.15) is 11.4 Å². The summed E-state index contributed by atoms with van der Waals surface area (Å²) in [5, 5.41) is 14.4. The summed E-state index contributed by atoms with van der Waals surface area (Å²) in [6, 6.07) is 8.05. The number of benzene rings is 1. The predicted octanol–water partition coefficient (Wildman–Crippen LogP) is 0.347. The number of carbonyl (C=O) groups is 2. The lowest BCUT2D eigenvalue weighted by Gasteiger charge is -2.29. The number of aliphatic hydroxyl groups excluding tert-OH is 1. The van der Waals surface area contributed by atoms with Crippen molar-refractivity contribution in [2.75, 3.05) is 36.9 Å². The first-order chi connectivity index (χ1) is 16.7.